The van der Waals surface area contributed by atoms with E-state index in [9.17, 15) is 18.0 Å². The summed E-state index contributed by atoms with van der Waals surface area (Å²) >= 11 is 0. The van der Waals surface area contributed by atoms with Crippen molar-refractivity contribution in [3.8, 4) is 11.4 Å². The van der Waals surface area contributed by atoms with Crippen LogP contribution in [0, 0.1) is 0 Å². The summed E-state index contributed by atoms with van der Waals surface area (Å²) in [6.07, 6.45) is -1.44. The van der Waals surface area contributed by atoms with Crippen molar-refractivity contribution in [1.82, 2.24) is 25.1 Å². The van der Waals surface area contributed by atoms with Gasteiger partial charge in [-0.05, 0) is 50.5 Å². The van der Waals surface area contributed by atoms with E-state index in [0.29, 0.717) is 0 Å². The van der Waals surface area contributed by atoms with Crippen molar-refractivity contribution in [3.63, 3.8) is 0 Å². The third-order valence-electron chi connectivity index (χ3n) is 4.66. The number of rotatable bonds is 3. The van der Waals surface area contributed by atoms with E-state index in [1.54, 1.807) is 0 Å². The van der Waals surface area contributed by atoms with E-state index in [1.807, 2.05) is 18.7 Å². The van der Waals surface area contributed by atoms with E-state index in [-0.39, 0.29) is 35.9 Å². The van der Waals surface area contributed by atoms with Gasteiger partial charge < -0.3 is 4.90 Å². The standard InChI is InChI=1S/C17H20F3N5O/c1-11-5-3-6-12(2)25(11)15(26)10-24-22-16(21-23-24)13-7-4-8-14(9-13)17(18,19)20/h4,7-9,11-12H,3,5-6,10H2,1-2H3/t11-,12-/m1/s1. The van der Waals surface area contributed by atoms with Crippen LogP contribution in [0.4, 0.5) is 13.2 Å². The monoisotopic (exact) mass is 367 g/mol. The smallest absolute Gasteiger partial charge is 0.336 e. The van der Waals surface area contributed by atoms with Crippen LogP contribution in [0.1, 0.15) is 38.7 Å². The van der Waals surface area contributed by atoms with E-state index in [2.05, 4.69) is 15.4 Å². The van der Waals surface area contributed by atoms with Crippen LogP contribution in [0.3, 0.4) is 0 Å². The molecular weight excluding hydrogens is 347 g/mol. The Hall–Kier alpha value is -2.45. The van der Waals surface area contributed by atoms with Gasteiger partial charge in [0.05, 0.1) is 5.56 Å². The summed E-state index contributed by atoms with van der Waals surface area (Å²) in [5.41, 5.74) is -0.573. The molecule has 0 aliphatic carbocycles. The molecule has 1 fully saturated rings. The van der Waals surface area contributed by atoms with Crippen LogP contribution < -0.4 is 0 Å². The zero-order valence-electron chi connectivity index (χ0n) is 14.6. The predicted molar refractivity (Wildman–Crippen MR) is 87.9 cm³/mol. The van der Waals surface area contributed by atoms with Crippen molar-refractivity contribution in [2.75, 3.05) is 0 Å². The Bertz CT molecular complexity index is 779. The van der Waals surface area contributed by atoms with Gasteiger partial charge in [0.2, 0.25) is 11.7 Å². The Morgan fingerprint density at radius 2 is 1.92 bits per heavy atom. The molecule has 0 bridgehead atoms. The van der Waals surface area contributed by atoms with Gasteiger partial charge in [0.1, 0.15) is 6.54 Å². The molecule has 1 amide bonds. The highest BCUT2D eigenvalue weighted by Gasteiger charge is 2.31. The zero-order valence-corrected chi connectivity index (χ0v) is 14.6. The minimum Gasteiger partial charge on any atom is -0.336 e. The fourth-order valence-corrected chi connectivity index (χ4v) is 3.38. The second-order valence-electron chi connectivity index (χ2n) is 6.65. The molecule has 2 atom stereocenters. The lowest BCUT2D eigenvalue weighted by Gasteiger charge is -2.38. The Kier molecular flexibility index (Phi) is 4.97. The van der Waals surface area contributed by atoms with E-state index < -0.39 is 11.7 Å². The average molecular weight is 367 g/mol. The van der Waals surface area contributed by atoms with Crippen LogP contribution in [0.2, 0.25) is 0 Å². The molecule has 6 nitrogen and oxygen atoms in total. The van der Waals surface area contributed by atoms with Gasteiger partial charge in [-0.1, -0.05) is 12.1 Å². The minimum atomic E-state index is -4.44. The predicted octanol–water partition coefficient (Wildman–Crippen LogP) is 3.15. The van der Waals surface area contributed by atoms with Crippen LogP contribution in [0.25, 0.3) is 11.4 Å². The molecule has 140 valence electrons. The molecule has 1 aliphatic rings. The Morgan fingerprint density at radius 3 is 2.58 bits per heavy atom. The van der Waals surface area contributed by atoms with Crippen LogP contribution in [0.5, 0.6) is 0 Å². The van der Waals surface area contributed by atoms with Gasteiger partial charge in [-0.2, -0.15) is 18.0 Å². The molecule has 1 aromatic carbocycles. The van der Waals surface area contributed by atoms with Crippen molar-refractivity contribution in [2.24, 2.45) is 0 Å². The molecule has 9 heteroatoms. The molecule has 0 unspecified atom stereocenters. The van der Waals surface area contributed by atoms with Crippen molar-refractivity contribution >= 4 is 5.91 Å². The van der Waals surface area contributed by atoms with Crippen molar-refractivity contribution < 1.29 is 18.0 Å². The first kappa shape index (κ1) is 18.3. The first-order valence-electron chi connectivity index (χ1n) is 8.52. The molecule has 2 aromatic rings. The Morgan fingerprint density at radius 1 is 1.23 bits per heavy atom. The molecule has 3 rings (SSSR count). The summed E-state index contributed by atoms with van der Waals surface area (Å²) in [4.78, 5) is 15.5. The molecule has 0 spiro atoms. The number of nitrogens with zero attached hydrogens (tertiary/aromatic N) is 5. The highest BCUT2D eigenvalue weighted by atomic mass is 19.4. The number of hydrogen-bond donors (Lipinski definition) is 0. The van der Waals surface area contributed by atoms with E-state index >= 15 is 0 Å². The Balaban J connectivity index is 1.75. The molecule has 26 heavy (non-hydrogen) atoms. The molecule has 1 aromatic heterocycles. The summed E-state index contributed by atoms with van der Waals surface area (Å²) in [5, 5.41) is 11.7. The highest BCUT2D eigenvalue weighted by Crippen LogP contribution is 2.31. The summed E-state index contributed by atoms with van der Waals surface area (Å²) < 4.78 is 38.5. The number of aromatic nitrogens is 4. The SMILES string of the molecule is C[C@@H]1CCC[C@@H](C)N1C(=O)Cn1nnc(-c2cccc(C(F)(F)F)c2)n1. The number of halogens is 3. The van der Waals surface area contributed by atoms with Crippen LogP contribution in [0.15, 0.2) is 24.3 Å². The lowest BCUT2D eigenvalue weighted by molar-refractivity contribution is -0.138. The number of carbonyl (C=O) groups excluding carboxylic acids is 1. The van der Waals surface area contributed by atoms with Crippen molar-refractivity contribution in [1.29, 1.82) is 0 Å². The number of piperidine rings is 1. The number of alkyl halides is 3. The van der Waals surface area contributed by atoms with Gasteiger partial charge in [-0.25, -0.2) is 0 Å². The number of carbonyl (C=O) groups is 1. The van der Waals surface area contributed by atoms with Gasteiger partial charge in [0.15, 0.2) is 0 Å². The lowest BCUT2D eigenvalue weighted by Crippen LogP contribution is -2.48. The van der Waals surface area contributed by atoms with Crippen LogP contribution >= 0.6 is 0 Å². The molecule has 0 radical (unpaired) electrons. The normalized spacial score (nSPS) is 21.0. The zero-order chi connectivity index (χ0) is 18.9. The molecule has 1 saturated heterocycles. The largest absolute Gasteiger partial charge is 0.416 e. The topological polar surface area (TPSA) is 63.9 Å². The summed E-state index contributed by atoms with van der Waals surface area (Å²) in [5.74, 6) is -0.0543. The maximum absolute atomic E-state index is 12.8. The summed E-state index contributed by atoms with van der Waals surface area (Å²) in [6, 6.07) is 5.03. The van der Waals surface area contributed by atoms with Gasteiger partial charge in [0, 0.05) is 17.6 Å². The molecule has 0 N–H and O–H groups in total. The van der Waals surface area contributed by atoms with Crippen molar-refractivity contribution in [2.45, 2.75) is 57.9 Å². The van der Waals surface area contributed by atoms with Crippen LogP contribution in [-0.2, 0) is 17.5 Å². The number of amides is 1. The van der Waals surface area contributed by atoms with E-state index in [1.165, 1.54) is 12.1 Å². The molecular formula is C17H20F3N5O. The maximum Gasteiger partial charge on any atom is 0.416 e. The summed E-state index contributed by atoms with van der Waals surface area (Å²) in [7, 11) is 0. The number of benzene rings is 1. The van der Waals surface area contributed by atoms with E-state index in [0.717, 1.165) is 36.2 Å². The van der Waals surface area contributed by atoms with Crippen LogP contribution in [-0.4, -0.2) is 43.1 Å². The lowest BCUT2D eigenvalue weighted by atomic mass is 9.97. The van der Waals surface area contributed by atoms with E-state index in [4.69, 9.17) is 0 Å². The molecule has 1 aliphatic heterocycles. The second-order valence-corrected chi connectivity index (χ2v) is 6.65. The minimum absolute atomic E-state index is 0.0589. The Labute approximate surface area is 149 Å². The fraction of sp³-hybridized carbons (Fsp3) is 0.529. The molecule has 0 saturated carbocycles. The third kappa shape index (κ3) is 3.86. The van der Waals surface area contributed by atoms with Crippen molar-refractivity contribution in [3.05, 3.63) is 29.8 Å². The van der Waals surface area contributed by atoms with Gasteiger partial charge in [-0.3, -0.25) is 4.79 Å². The third-order valence-corrected chi connectivity index (χ3v) is 4.66. The number of likely N-dealkylation sites (tertiary alicyclic amines) is 1. The average Bonchev–Trinajstić information content (AvgIpc) is 3.02. The molecule has 2 heterocycles. The first-order chi connectivity index (χ1) is 12.3. The fourth-order valence-electron chi connectivity index (χ4n) is 3.38. The van der Waals surface area contributed by atoms with Gasteiger partial charge >= 0.3 is 6.18 Å². The summed E-state index contributed by atoms with van der Waals surface area (Å²) in [6.45, 7) is 3.94. The second kappa shape index (κ2) is 7.05. The van der Waals surface area contributed by atoms with Gasteiger partial charge in [-0.15, -0.1) is 10.2 Å². The maximum atomic E-state index is 12.8. The highest BCUT2D eigenvalue weighted by molar-refractivity contribution is 5.76. The number of tetrazole rings is 1. The quantitative estimate of drug-likeness (QED) is 0.836. The number of hydrogen-bond acceptors (Lipinski definition) is 4. The first-order valence-corrected chi connectivity index (χ1v) is 8.52. The van der Waals surface area contributed by atoms with Gasteiger partial charge in [0.25, 0.3) is 0 Å².